The van der Waals surface area contributed by atoms with E-state index in [9.17, 15) is 0 Å². The molecular weight excluding hydrogens is 295 g/mol. The Morgan fingerprint density at radius 1 is 1.62 bits per heavy atom. The van der Waals surface area contributed by atoms with E-state index in [0.717, 1.165) is 26.2 Å². The van der Waals surface area contributed by atoms with Gasteiger partial charge in [0.05, 0.1) is 2.88 Å². The highest BCUT2D eigenvalue weighted by atomic mass is 127. The third-order valence-corrected chi connectivity index (χ3v) is 3.76. The Labute approximate surface area is 97.3 Å². The zero-order valence-electron chi connectivity index (χ0n) is 7.79. The number of nitrogens with zero attached hydrogens (tertiary/aromatic N) is 1. The van der Waals surface area contributed by atoms with E-state index in [1.165, 1.54) is 8.45 Å². The first kappa shape index (κ1) is 11.4. The summed E-state index contributed by atoms with van der Waals surface area (Å²) >= 11 is 4.16. The van der Waals surface area contributed by atoms with Crippen LogP contribution in [0.2, 0.25) is 0 Å². The van der Waals surface area contributed by atoms with Gasteiger partial charge in [0.15, 0.2) is 0 Å². The van der Waals surface area contributed by atoms with E-state index in [2.05, 4.69) is 45.9 Å². The minimum atomic E-state index is 0.745. The third-order valence-electron chi connectivity index (χ3n) is 1.92. The predicted molar refractivity (Wildman–Crippen MR) is 67.0 cm³/mol. The van der Waals surface area contributed by atoms with Crippen LogP contribution in [0.3, 0.4) is 0 Å². The van der Waals surface area contributed by atoms with E-state index in [0.29, 0.717) is 0 Å². The molecule has 0 aliphatic carbocycles. The van der Waals surface area contributed by atoms with Gasteiger partial charge in [0.1, 0.15) is 0 Å². The van der Waals surface area contributed by atoms with Crippen molar-refractivity contribution in [1.29, 1.82) is 0 Å². The molecule has 2 N–H and O–H groups in total. The van der Waals surface area contributed by atoms with Gasteiger partial charge in [0.2, 0.25) is 0 Å². The highest BCUT2D eigenvalue weighted by molar-refractivity contribution is 14.1. The van der Waals surface area contributed by atoms with E-state index in [1.807, 2.05) is 0 Å². The van der Waals surface area contributed by atoms with Crippen LogP contribution in [0.4, 0.5) is 0 Å². The van der Waals surface area contributed by atoms with Gasteiger partial charge >= 0.3 is 0 Å². The summed E-state index contributed by atoms with van der Waals surface area (Å²) in [5.74, 6) is 0. The summed E-state index contributed by atoms with van der Waals surface area (Å²) in [7, 11) is 0. The molecule has 0 aliphatic heterocycles. The lowest BCUT2D eigenvalue weighted by atomic mass is 10.3. The van der Waals surface area contributed by atoms with Gasteiger partial charge in [-0.2, -0.15) is 0 Å². The van der Waals surface area contributed by atoms with Crippen LogP contribution in [0.25, 0.3) is 0 Å². The Balaban J connectivity index is 2.46. The molecule has 1 rings (SSSR count). The Hall–Kier alpha value is 0.350. The summed E-state index contributed by atoms with van der Waals surface area (Å²) in [6.07, 6.45) is 0. The summed E-state index contributed by atoms with van der Waals surface area (Å²) in [6.45, 7) is 6.02. The molecule has 0 atom stereocenters. The molecule has 0 saturated heterocycles. The number of hydrogen-bond donors (Lipinski definition) is 1. The molecule has 0 bridgehead atoms. The van der Waals surface area contributed by atoms with Crippen molar-refractivity contribution in [3.8, 4) is 0 Å². The standard InChI is InChI=1S/C9H15IN2S/c1-2-12(4-3-11)6-8-5-9(10)13-7-8/h5,7H,2-4,6,11H2,1H3. The average Bonchev–Trinajstić information content (AvgIpc) is 2.50. The molecule has 1 aromatic heterocycles. The number of halogens is 1. The second-order valence-corrected chi connectivity index (χ2v) is 5.72. The quantitative estimate of drug-likeness (QED) is 0.844. The molecule has 0 amide bonds. The molecule has 0 aliphatic rings. The fourth-order valence-electron chi connectivity index (χ4n) is 1.22. The molecule has 0 aromatic carbocycles. The van der Waals surface area contributed by atoms with Crippen molar-refractivity contribution in [2.45, 2.75) is 13.5 Å². The zero-order chi connectivity index (χ0) is 9.68. The van der Waals surface area contributed by atoms with E-state index in [4.69, 9.17) is 5.73 Å². The Morgan fingerprint density at radius 3 is 2.85 bits per heavy atom. The summed E-state index contributed by atoms with van der Waals surface area (Å²) in [4.78, 5) is 2.36. The third kappa shape index (κ3) is 3.93. The maximum atomic E-state index is 5.52. The molecule has 1 aromatic rings. The maximum absolute atomic E-state index is 5.52. The van der Waals surface area contributed by atoms with Gasteiger partial charge in [-0.15, -0.1) is 11.3 Å². The number of rotatable bonds is 5. The van der Waals surface area contributed by atoms with Crippen LogP contribution in [0.15, 0.2) is 11.4 Å². The summed E-state index contributed by atoms with van der Waals surface area (Å²) in [6, 6.07) is 2.24. The summed E-state index contributed by atoms with van der Waals surface area (Å²) in [5.41, 5.74) is 6.93. The Morgan fingerprint density at radius 2 is 2.38 bits per heavy atom. The van der Waals surface area contributed by atoms with Gasteiger partial charge in [-0.3, -0.25) is 4.90 Å². The molecule has 0 radical (unpaired) electrons. The second-order valence-electron chi connectivity index (χ2n) is 2.92. The minimum Gasteiger partial charge on any atom is -0.329 e. The molecule has 4 heteroatoms. The lowest BCUT2D eigenvalue weighted by Gasteiger charge is -2.18. The number of likely N-dealkylation sites (N-methyl/N-ethyl adjacent to an activating group) is 1. The fourth-order valence-corrected chi connectivity index (χ4v) is 2.63. The van der Waals surface area contributed by atoms with E-state index in [-0.39, 0.29) is 0 Å². The van der Waals surface area contributed by atoms with E-state index >= 15 is 0 Å². The van der Waals surface area contributed by atoms with Crippen LogP contribution < -0.4 is 5.73 Å². The Bertz CT molecular complexity index is 250. The van der Waals surface area contributed by atoms with Crippen LogP contribution in [-0.4, -0.2) is 24.5 Å². The molecule has 13 heavy (non-hydrogen) atoms. The van der Waals surface area contributed by atoms with Gasteiger partial charge in [-0.05, 0) is 46.1 Å². The highest BCUT2D eigenvalue weighted by Gasteiger charge is 2.03. The largest absolute Gasteiger partial charge is 0.329 e. The molecule has 0 fully saturated rings. The zero-order valence-corrected chi connectivity index (χ0v) is 10.8. The van der Waals surface area contributed by atoms with Crippen molar-refractivity contribution in [3.05, 3.63) is 19.9 Å². The molecule has 1 heterocycles. The molecule has 0 spiro atoms. The normalized spacial score (nSPS) is 11.1. The highest BCUT2D eigenvalue weighted by Crippen LogP contribution is 2.17. The first-order valence-electron chi connectivity index (χ1n) is 4.41. The topological polar surface area (TPSA) is 29.3 Å². The van der Waals surface area contributed by atoms with Crippen molar-refractivity contribution in [2.75, 3.05) is 19.6 Å². The average molecular weight is 310 g/mol. The van der Waals surface area contributed by atoms with Gasteiger partial charge in [0.25, 0.3) is 0 Å². The van der Waals surface area contributed by atoms with Crippen LogP contribution in [0.5, 0.6) is 0 Å². The smallest absolute Gasteiger partial charge is 0.0656 e. The van der Waals surface area contributed by atoms with Gasteiger partial charge < -0.3 is 5.73 Å². The lowest BCUT2D eigenvalue weighted by Crippen LogP contribution is -2.28. The van der Waals surface area contributed by atoms with Gasteiger partial charge in [-0.1, -0.05) is 6.92 Å². The molecule has 2 nitrogen and oxygen atoms in total. The van der Waals surface area contributed by atoms with Gasteiger partial charge in [-0.25, -0.2) is 0 Å². The van der Waals surface area contributed by atoms with E-state index in [1.54, 1.807) is 11.3 Å². The van der Waals surface area contributed by atoms with Crippen LogP contribution >= 0.6 is 33.9 Å². The van der Waals surface area contributed by atoms with Crippen molar-refractivity contribution >= 4 is 33.9 Å². The van der Waals surface area contributed by atoms with Crippen molar-refractivity contribution in [1.82, 2.24) is 4.90 Å². The molecule has 0 unspecified atom stereocenters. The van der Waals surface area contributed by atoms with Crippen LogP contribution in [0, 0.1) is 2.88 Å². The van der Waals surface area contributed by atoms with Crippen LogP contribution in [-0.2, 0) is 6.54 Å². The van der Waals surface area contributed by atoms with E-state index < -0.39 is 0 Å². The monoisotopic (exact) mass is 310 g/mol. The fraction of sp³-hybridized carbons (Fsp3) is 0.556. The number of hydrogen-bond acceptors (Lipinski definition) is 3. The van der Waals surface area contributed by atoms with Crippen molar-refractivity contribution in [2.24, 2.45) is 5.73 Å². The first-order valence-corrected chi connectivity index (χ1v) is 6.37. The minimum absolute atomic E-state index is 0.745. The SMILES string of the molecule is CCN(CCN)Cc1csc(I)c1. The predicted octanol–water partition coefficient (Wildman–Crippen LogP) is 2.13. The summed E-state index contributed by atoms with van der Waals surface area (Å²) < 4.78 is 1.36. The second kappa shape index (κ2) is 5.95. The maximum Gasteiger partial charge on any atom is 0.0656 e. The molecular formula is C9H15IN2S. The first-order chi connectivity index (χ1) is 6.26. The summed E-state index contributed by atoms with van der Waals surface area (Å²) in [5, 5.41) is 2.22. The van der Waals surface area contributed by atoms with Crippen molar-refractivity contribution < 1.29 is 0 Å². The van der Waals surface area contributed by atoms with Crippen LogP contribution in [0.1, 0.15) is 12.5 Å². The molecule has 0 saturated carbocycles. The van der Waals surface area contributed by atoms with Crippen molar-refractivity contribution in [3.63, 3.8) is 0 Å². The van der Waals surface area contributed by atoms with Gasteiger partial charge in [0, 0.05) is 19.6 Å². The Kier molecular flexibility index (Phi) is 5.23. The molecule has 74 valence electrons. The number of thiophene rings is 1. The lowest BCUT2D eigenvalue weighted by molar-refractivity contribution is 0.288. The number of nitrogens with two attached hydrogens (primary N) is 1.